The van der Waals surface area contributed by atoms with Crippen molar-refractivity contribution in [2.45, 2.75) is 20.4 Å². The molecule has 1 saturated heterocycles. The predicted octanol–water partition coefficient (Wildman–Crippen LogP) is 2.95. The maximum absolute atomic E-state index is 6.03. The molecular weight excluding hydrogens is 366 g/mol. The summed E-state index contributed by atoms with van der Waals surface area (Å²) in [5.74, 6) is 1.80. The molecule has 1 aliphatic rings. The van der Waals surface area contributed by atoms with Gasteiger partial charge < -0.3 is 9.32 Å². The average molecular weight is 389 g/mol. The molecule has 29 heavy (non-hydrogen) atoms. The molecular formula is C21H23N7O. The zero-order valence-electron chi connectivity index (χ0n) is 16.6. The van der Waals surface area contributed by atoms with Crippen molar-refractivity contribution in [2.24, 2.45) is 0 Å². The van der Waals surface area contributed by atoms with Crippen LogP contribution in [0.25, 0.3) is 22.4 Å². The minimum atomic E-state index is 0.710. The molecule has 1 aromatic carbocycles. The second kappa shape index (κ2) is 7.29. The van der Waals surface area contributed by atoms with E-state index in [0.717, 1.165) is 71.5 Å². The smallest absolute Gasteiger partial charge is 0.209 e. The normalized spacial score (nSPS) is 15.3. The molecule has 0 bridgehead atoms. The van der Waals surface area contributed by atoms with Crippen LogP contribution in [0.2, 0.25) is 0 Å². The largest absolute Gasteiger partial charge is 0.439 e. The fourth-order valence-electron chi connectivity index (χ4n) is 3.77. The second-order valence-electron chi connectivity index (χ2n) is 7.42. The van der Waals surface area contributed by atoms with Crippen molar-refractivity contribution in [1.29, 1.82) is 0 Å². The summed E-state index contributed by atoms with van der Waals surface area (Å²) in [5, 5.41) is 7.07. The van der Waals surface area contributed by atoms with E-state index in [-0.39, 0.29) is 0 Å². The molecule has 5 rings (SSSR count). The lowest BCUT2D eigenvalue weighted by Crippen LogP contribution is -2.46. The minimum absolute atomic E-state index is 0.710. The van der Waals surface area contributed by atoms with E-state index in [1.807, 2.05) is 37.4 Å². The lowest BCUT2D eigenvalue weighted by Gasteiger charge is -2.35. The quantitative estimate of drug-likeness (QED) is 0.574. The lowest BCUT2D eigenvalue weighted by atomic mass is 10.1. The van der Waals surface area contributed by atoms with E-state index >= 15 is 0 Å². The van der Waals surface area contributed by atoms with Crippen molar-refractivity contribution in [3.8, 4) is 11.3 Å². The van der Waals surface area contributed by atoms with Gasteiger partial charge in [-0.1, -0.05) is 6.07 Å². The number of oxazole rings is 1. The third-order valence-corrected chi connectivity index (χ3v) is 5.57. The standard InChI is InChI=1S/C21H23N7O/c1-14-15(2)22-13-23-21(14)28-9-7-27(8-10-28)12-20-25-18-4-3-16(11-19(18)29-20)17-5-6-24-26-17/h3-6,11,13H,7-10,12H2,1-2H3,(H,24,26). The number of hydrogen-bond acceptors (Lipinski definition) is 7. The Morgan fingerprint density at radius 2 is 1.93 bits per heavy atom. The minimum Gasteiger partial charge on any atom is -0.439 e. The Morgan fingerprint density at radius 3 is 2.72 bits per heavy atom. The van der Waals surface area contributed by atoms with Crippen molar-refractivity contribution in [3.05, 3.63) is 53.9 Å². The van der Waals surface area contributed by atoms with Gasteiger partial charge in [0, 0.05) is 49.2 Å². The van der Waals surface area contributed by atoms with Crippen LogP contribution >= 0.6 is 0 Å². The number of rotatable bonds is 4. The number of hydrogen-bond donors (Lipinski definition) is 1. The Bertz CT molecular complexity index is 1130. The topological polar surface area (TPSA) is 87.0 Å². The van der Waals surface area contributed by atoms with Crippen LogP contribution in [0.4, 0.5) is 5.82 Å². The summed E-state index contributed by atoms with van der Waals surface area (Å²) in [5.41, 5.74) is 5.80. The molecule has 0 spiro atoms. The number of benzene rings is 1. The van der Waals surface area contributed by atoms with Gasteiger partial charge in [-0.3, -0.25) is 10.00 Å². The summed E-state index contributed by atoms with van der Waals surface area (Å²) >= 11 is 0. The number of fused-ring (bicyclic) bond motifs is 1. The van der Waals surface area contributed by atoms with Crippen LogP contribution in [0.5, 0.6) is 0 Å². The van der Waals surface area contributed by atoms with Gasteiger partial charge in [-0.25, -0.2) is 15.0 Å². The SMILES string of the molecule is Cc1ncnc(N2CCN(Cc3nc4ccc(-c5cc[nH]n5)cc4o3)CC2)c1C. The van der Waals surface area contributed by atoms with Gasteiger partial charge in [0.25, 0.3) is 0 Å². The number of aryl methyl sites for hydroxylation is 1. The van der Waals surface area contributed by atoms with Crippen molar-refractivity contribution in [3.63, 3.8) is 0 Å². The van der Waals surface area contributed by atoms with Crippen LogP contribution in [-0.4, -0.2) is 56.2 Å². The highest BCUT2D eigenvalue weighted by Gasteiger charge is 2.21. The molecule has 4 aromatic rings. The first-order valence-electron chi connectivity index (χ1n) is 9.82. The molecule has 1 aliphatic heterocycles. The lowest BCUT2D eigenvalue weighted by molar-refractivity contribution is 0.228. The number of nitrogens with one attached hydrogen (secondary N) is 1. The maximum atomic E-state index is 6.03. The fourth-order valence-corrected chi connectivity index (χ4v) is 3.77. The van der Waals surface area contributed by atoms with Crippen LogP contribution in [-0.2, 0) is 6.54 Å². The van der Waals surface area contributed by atoms with Crippen molar-refractivity contribution < 1.29 is 4.42 Å². The molecule has 1 N–H and O–H groups in total. The molecule has 4 heterocycles. The van der Waals surface area contributed by atoms with E-state index < -0.39 is 0 Å². The first-order chi connectivity index (χ1) is 14.2. The molecule has 0 atom stereocenters. The number of aromatic amines is 1. The predicted molar refractivity (Wildman–Crippen MR) is 111 cm³/mol. The van der Waals surface area contributed by atoms with Gasteiger partial charge in [0.2, 0.25) is 5.89 Å². The molecule has 8 nitrogen and oxygen atoms in total. The molecule has 8 heteroatoms. The van der Waals surface area contributed by atoms with Gasteiger partial charge in [0.15, 0.2) is 5.58 Å². The van der Waals surface area contributed by atoms with E-state index in [9.17, 15) is 0 Å². The Hall–Kier alpha value is -3.26. The zero-order valence-corrected chi connectivity index (χ0v) is 16.6. The van der Waals surface area contributed by atoms with Gasteiger partial charge in [0.05, 0.1) is 12.2 Å². The highest BCUT2D eigenvalue weighted by Crippen LogP contribution is 2.25. The zero-order chi connectivity index (χ0) is 19.8. The van der Waals surface area contributed by atoms with Gasteiger partial charge in [-0.05, 0) is 32.0 Å². The number of nitrogens with zero attached hydrogens (tertiary/aromatic N) is 6. The Kier molecular flexibility index (Phi) is 4.48. The van der Waals surface area contributed by atoms with Crippen molar-refractivity contribution >= 4 is 16.9 Å². The summed E-state index contributed by atoms with van der Waals surface area (Å²) < 4.78 is 6.03. The molecule has 148 valence electrons. The van der Waals surface area contributed by atoms with E-state index in [4.69, 9.17) is 4.42 Å². The molecule has 0 unspecified atom stereocenters. The second-order valence-corrected chi connectivity index (χ2v) is 7.42. The fraction of sp³-hybridized carbons (Fsp3) is 0.333. The summed E-state index contributed by atoms with van der Waals surface area (Å²) in [7, 11) is 0. The number of anilines is 1. The van der Waals surface area contributed by atoms with Gasteiger partial charge in [-0.2, -0.15) is 5.10 Å². The van der Waals surface area contributed by atoms with Crippen molar-refractivity contribution in [1.82, 2.24) is 30.0 Å². The van der Waals surface area contributed by atoms with Gasteiger partial charge in [-0.15, -0.1) is 0 Å². The van der Waals surface area contributed by atoms with Crippen LogP contribution in [0.1, 0.15) is 17.1 Å². The third kappa shape index (κ3) is 3.47. The highest BCUT2D eigenvalue weighted by molar-refractivity contribution is 5.79. The maximum Gasteiger partial charge on any atom is 0.209 e. The first kappa shape index (κ1) is 17.8. The highest BCUT2D eigenvalue weighted by atomic mass is 16.3. The molecule has 0 saturated carbocycles. The number of piperazine rings is 1. The van der Waals surface area contributed by atoms with Crippen LogP contribution < -0.4 is 4.90 Å². The van der Waals surface area contributed by atoms with E-state index in [1.165, 1.54) is 0 Å². The third-order valence-electron chi connectivity index (χ3n) is 5.57. The molecule has 0 amide bonds. The summed E-state index contributed by atoms with van der Waals surface area (Å²) in [6.07, 6.45) is 3.47. The van der Waals surface area contributed by atoms with Crippen LogP contribution in [0.15, 0.2) is 41.2 Å². The molecule has 0 aliphatic carbocycles. The average Bonchev–Trinajstić information content (AvgIpc) is 3.40. The Labute approximate surface area is 168 Å². The van der Waals surface area contributed by atoms with Gasteiger partial charge in [0.1, 0.15) is 17.7 Å². The Balaban J connectivity index is 1.27. The van der Waals surface area contributed by atoms with E-state index in [0.29, 0.717) is 6.54 Å². The Morgan fingerprint density at radius 1 is 1.07 bits per heavy atom. The monoisotopic (exact) mass is 389 g/mol. The summed E-state index contributed by atoms with van der Waals surface area (Å²) in [6, 6.07) is 7.96. The molecule has 0 radical (unpaired) electrons. The first-order valence-corrected chi connectivity index (χ1v) is 9.82. The number of H-pyrrole nitrogens is 1. The summed E-state index contributed by atoms with van der Waals surface area (Å²) in [6.45, 7) is 8.58. The van der Waals surface area contributed by atoms with E-state index in [1.54, 1.807) is 6.33 Å². The summed E-state index contributed by atoms with van der Waals surface area (Å²) in [4.78, 5) is 18.1. The van der Waals surface area contributed by atoms with Crippen LogP contribution in [0.3, 0.4) is 0 Å². The van der Waals surface area contributed by atoms with Crippen LogP contribution in [0, 0.1) is 13.8 Å². The van der Waals surface area contributed by atoms with Gasteiger partial charge >= 0.3 is 0 Å². The van der Waals surface area contributed by atoms with Crippen molar-refractivity contribution in [2.75, 3.05) is 31.1 Å². The molecule has 1 fully saturated rings. The number of aromatic nitrogens is 5. The molecule has 3 aromatic heterocycles. The van der Waals surface area contributed by atoms with E-state index in [2.05, 4.69) is 41.9 Å².